The number of ether oxygens (including phenoxy) is 2. The summed E-state index contributed by atoms with van der Waals surface area (Å²) >= 11 is 0. The molecule has 0 saturated carbocycles. The summed E-state index contributed by atoms with van der Waals surface area (Å²) in [4.78, 5) is 13.1. The zero-order valence-corrected chi connectivity index (χ0v) is 17.5. The summed E-state index contributed by atoms with van der Waals surface area (Å²) in [6, 6.07) is 17.1. The van der Waals surface area contributed by atoms with Crippen molar-refractivity contribution >= 4 is 12.1 Å². The third-order valence-corrected chi connectivity index (χ3v) is 5.62. The van der Waals surface area contributed by atoms with Crippen molar-refractivity contribution in [3.63, 3.8) is 0 Å². The van der Waals surface area contributed by atoms with Gasteiger partial charge in [0, 0.05) is 25.4 Å². The van der Waals surface area contributed by atoms with E-state index in [2.05, 4.69) is 46.6 Å². The first kappa shape index (κ1) is 21.2. The third-order valence-electron chi connectivity index (χ3n) is 5.62. The van der Waals surface area contributed by atoms with Crippen LogP contribution in [-0.2, 0) is 9.53 Å². The second-order valence-electron chi connectivity index (χ2n) is 7.47. The Labute approximate surface area is 174 Å². The van der Waals surface area contributed by atoms with Crippen LogP contribution in [0.2, 0.25) is 0 Å². The molecule has 0 spiro atoms. The number of rotatable bonds is 10. The molecule has 5 heteroatoms. The molecule has 5 nitrogen and oxygen atoms in total. The molecule has 156 valence electrons. The highest BCUT2D eigenvalue weighted by atomic mass is 16.5. The molecule has 1 N–H and O–H groups in total. The first-order chi connectivity index (χ1) is 14.2. The maximum atomic E-state index is 10.6. The highest BCUT2D eigenvalue weighted by Gasteiger charge is 2.21. The highest BCUT2D eigenvalue weighted by Crippen LogP contribution is 2.31. The molecule has 1 heterocycles. The fraction of sp³-hybridized carbons (Fsp3) is 0.458. The van der Waals surface area contributed by atoms with Crippen LogP contribution in [0.5, 0.6) is 5.75 Å². The number of benzene rings is 2. The first-order valence-corrected chi connectivity index (χ1v) is 10.6. The zero-order valence-electron chi connectivity index (χ0n) is 17.5. The van der Waals surface area contributed by atoms with Crippen LogP contribution in [0.3, 0.4) is 0 Å². The quantitative estimate of drug-likeness (QED) is 0.481. The summed E-state index contributed by atoms with van der Waals surface area (Å²) in [6.07, 6.45) is 3.05. The van der Waals surface area contributed by atoms with Crippen molar-refractivity contribution in [3.05, 3.63) is 59.7 Å². The predicted octanol–water partition coefficient (Wildman–Crippen LogP) is 4.29. The van der Waals surface area contributed by atoms with Crippen LogP contribution in [0.25, 0.3) is 0 Å². The van der Waals surface area contributed by atoms with Gasteiger partial charge in [0.15, 0.2) is 0 Å². The molecule has 2 aromatic carbocycles. The molecule has 2 aromatic rings. The number of amides is 1. The number of hydrogen-bond acceptors (Lipinski definition) is 4. The monoisotopic (exact) mass is 396 g/mol. The Morgan fingerprint density at radius 1 is 1.07 bits per heavy atom. The van der Waals surface area contributed by atoms with Gasteiger partial charge in [-0.25, -0.2) is 0 Å². The van der Waals surface area contributed by atoms with Crippen molar-refractivity contribution in [2.24, 2.45) is 0 Å². The van der Waals surface area contributed by atoms with Gasteiger partial charge in [-0.3, -0.25) is 4.79 Å². The van der Waals surface area contributed by atoms with E-state index >= 15 is 0 Å². The van der Waals surface area contributed by atoms with E-state index in [4.69, 9.17) is 9.47 Å². The number of carbonyl (C=O) groups excluding carboxylic acids is 1. The van der Waals surface area contributed by atoms with E-state index in [1.807, 2.05) is 26.0 Å². The van der Waals surface area contributed by atoms with Crippen molar-refractivity contribution < 1.29 is 14.3 Å². The average molecular weight is 397 g/mol. The maximum Gasteiger partial charge on any atom is 0.207 e. The Morgan fingerprint density at radius 3 is 2.38 bits per heavy atom. The van der Waals surface area contributed by atoms with E-state index in [1.165, 1.54) is 11.3 Å². The summed E-state index contributed by atoms with van der Waals surface area (Å²) in [6.45, 7) is 8.03. The first-order valence-electron chi connectivity index (χ1n) is 10.6. The summed E-state index contributed by atoms with van der Waals surface area (Å²) in [7, 11) is 0. The lowest BCUT2D eigenvalue weighted by atomic mass is 9.88. The second kappa shape index (κ2) is 10.9. The van der Waals surface area contributed by atoms with E-state index < -0.39 is 0 Å². The van der Waals surface area contributed by atoms with Gasteiger partial charge in [0.1, 0.15) is 12.4 Å². The number of hydrogen-bond donors (Lipinski definition) is 1. The molecule has 0 bridgehead atoms. The molecular formula is C24H32N2O3. The standard InChI is InChI=1S/C24H32N2O3/c1-3-28-16-17-29-24-10-8-23(9-11-24)26-14-12-22(13-15-26)21-6-4-20(5-7-21)19(2)25-18-27/h4-11,18-19,22H,3,12-17H2,1-2H3,(H,25,27). The number of nitrogens with zero attached hydrogens (tertiary/aromatic N) is 1. The van der Waals surface area contributed by atoms with Gasteiger partial charge in [0.05, 0.1) is 12.6 Å². The Hall–Kier alpha value is -2.53. The molecule has 1 aliphatic rings. The molecule has 0 radical (unpaired) electrons. The molecule has 1 unspecified atom stereocenters. The SMILES string of the molecule is CCOCCOc1ccc(N2CCC(c3ccc(C(C)NC=O)cc3)CC2)cc1. The molecule has 1 aliphatic heterocycles. The van der Waals surface area contributed by atoms with Gasteiger partial charge in [0.2, 0.25) is 6.41 Å². The second-order valence-corrected chi connectivity index (χ2v) is 7.47. The molecular weight excluding hydrogens is 364 g/mol. The van der Waals surface area contributed by atoms with Crippen LogP contribution in [-0.4, -0.2) is 39.3 Å². The summed E-state index contributed by atoms with van der Waals surface area (Å²) in [5, 5.41) is 2.80. The van der Waals surface area contributed by atoms with E-state index in [0.717, 1.165) is 50.3 Å². The number of nitrogens with one attached hydrogen (secondary N) is 1. The molecule has 1 atom stereocenters. The van der Waals surface area contributed by atoms with E-state index in [9.17, 15) is 4.79 Å². The van der Waals surface area contributed by atoms with Gasteiger partial charge >= 0.3 is 0 Å². The number of anilines is 1. The minimum Gasteiger partial charge on any atom is -0.491 e. The van der Waals surface area contributed by atoms with Crippen molar-refractivity contribution in [2.75, 3.05) is 37.8 Å². The lowest BCUT2D eigenvalue weighted by Crippen LogP contribution is -2.32. The molecule has 29 heavy (non-hydrogen) atoms. The fourth-order valence-electron chi connectivity index (χ4n) is 3.84. The van der Waals surface area contributed by atoms with Crippen molar-refractivity contribution in [1.82, 2.24) is 5.32 Å². The Morgan fingerprint density at radius 2 is 1.76 bits per heavy atom. The fourth-order valence-corrected chi connectivity index (χ4v) is 3.84. The lowest BCUT2D eigenvalue weighted by Gasteiger charge is -2.34. The van der Waals surface area contributed by atoms with Gasteiger partial charge in [-0.05, 0) is 68.0 Å². The topological polar surface area (TPSA) is 50.8 Å². The molecule has 0 aromatic heterocycles. The van der Waals surface area contributed by atoms with Crippen LogP contribution in [0.15, 0.2) is 48.5 Å². The van der Waals surface area contributed by atoms with Gasteiger partial charge in [-0.2, -0.15) is 0 Å². The van der Waals surface area contributed by atoms with Crippen LogP contribution >= 0.6 is 0 Å². The van der Waals surface area contributed by atoms with Crippen molar-refractivity contribution in [1.29, 1.82) is 0 Å². The van der Waals surface area contributed by atoms with Crippen LogP contribution in [0.4, 0.5) is 5.69 Å². The third kappa shape index (κ3) is 5.97. The zero-order chi connectivity index (χ0) is 20.5. The Kier molecular flexibility index (Phi) is 7.94. The lowest BCUT2D eigenvalue weighted by molar-refractivity contribution is -0.110. The smallest absolute Gasteiger partial charge is 0.207 e. The minimum absolute atomic E-state index is 0.0505. The molecule has 1 fully saturated rings. The van der Waals surface area contributed by atoms with E-state index in [0.29, 0.717) is 19.1 Å². The molecule has 0 aliphatic carbocycles. The summed E-state index contributed by atoms with van der Waals surface area (Å²) in [5.74, 6) is 1.48. The van der Waals surface area contributed by atoms with Gasteiger partial charge in [-0.1, -0.05) is 24.3 Å². The van der Waals surface area contributed by atoms with Crippen LogP contribution in [0, 0.1) is 0 Å². The molecule has 3 rings (SSSR count). The Bertz CT molecular complexity index is 738. The van der Waals surface area contributed by atoms with Gasteiger partial charge in [0.25, 0.3) is 0 Å². The van der Waals surface area contributed by atoms with Gasteiger partial charge < -0.3 is 19.7 Å². The normalized spacial score (nSPS) is 15.7. The maximum absolute atomic E-state index is 10.6. The van der Waals surface area contributed by atoms with Crippen molar-refractivity contribution in [2.45, 2.75) is 38.6 Å². The van der Waals surface area contributed by atoms with Gasteiger partial charge in [-0.15, -0.1) is 0 Å². The van der Waals surface area contributed by atoms with E-state index in [1.54, 1.807) is 0 Å². The van der Waals surface area contributed by atoms with Crippen molar-refractivity contribution in [3.8, 4) is 5.75 Å². The summed E-state index contributed by atoms with van der Waals surface area (Å²) in [5.41, 5.74) is 3.79. The predicted molar refractivity (Wildman–Crippen MR) is 117 cm³/mol. The largest absolute Gasteiger partial charge is 0.491 e. The highest BCUT2D eigenvalue weighted by molar-refractivity contribution is 5.50. The van der Waals surface area contributed by atoms with Crippen LogP contribution < -0.4 is 15.0 Å². The molecule has 1 amide bonds. The minimum atomic E-state index is 0.0505. The number of carbonyl (C=O) groups is 1. The average Bonchev–Trinajstić information content (AvgIpc) is 2.78. The molecule has 1 saturated heterocycles. The van der Waals surface area contributed by atoms with E-state index in [-0.39, 0.29) is 6.04 Å². The Balaban J connectivity index is 1.49. The van der Waals surface area contributed by atoms with Crippen LogP contribution in [0.1, 0.15) is 49.8 Å². The number of piperidine rings is 1. The summed E-state index contributed by atoms with van der Waals surface area (Å²) < 4.78 is 11.0.